The van der Waals surface area contributed by atoms with E-state index in [-0.39, 0.29) is 17.5 Å². The molecule has 1 atom stereocenters. The molecule has 0 aliphatic rings. The van der Waals surface area contributed by atoms with Gasteiger partial charge in [-0.15, -0.1) is 0 Å². The summed E-state index contributed by atoms with van der Waals surface area (Å²) in [6.45, 7) is 6.91. The Labute approximate surface area is 164 Å². The maximum absolute atomic E-state index is 12.8. The highest BCUT2D eigenvalue weighted by molar-refractivity contribution is 6.31. The SMILES string of the molecule is CC(C)COCc1ccc(Cl)cc1C(=O)NC(C)c1ccc(C(=O)O)cc1. The summed E-state index contributed by atoms with van der Waals surface area (Å²) in [6, 6.07) is 11.3. The molecule has 2 N–H and O–H groups in total. The van der Waals surface area contributed by atoms with Crippen LogP contribution in [0.3, 0.4) is 0 Å². The number of carbonyl (C=O) groups is 2. The summed E-state index contributed by atoms with van der Waals surface area (Å²) in [5.74, 6) is -0.831. The smallest absolute Gasteiger partial charge is 0.335 e. The largest absolute Gasteiger partial charge is 0.478 e. The highest BCUT2D eigenvalue weighted by atomic mass is 35.5. The number of benzene rings is 2. The molecule has 1 amide bonds. The summed E-state index contributed by atoms with van der Waals surface area (Å²) in [5.41, 5.74) is 2.26. The second kappa shape index (κ2) is 9.53. The Hall–Kier alpha value is -2.37. The van der Waals surface area contributed by atoms with E-state index in [4.69, 9.17) is 21.4 Å². The van der Waals surface area contributed by atoms with Crippen molar-refractivity contribution in [2.45, 2.75) is 33.4 Å². The van der Waals surface area contributed by atoms with Crippen molar-refractivity contribution in [2.75, 3.05) is 6.61 Å². The standard InChI is InChI=1S/C21H24ClNO4/c1-13(2)11-27-12-17-8-9-18(22)10-19(17)20(24)23-14(3)15-4-6-16(7-5-15)21(25)26/h4-10,13-14H,11-12H2,1-3H3,(H,23,24)(H,25,26). The van der Waals surface area contributed by atoms with Crippen molar-refractivity contribution in [2.24, 2.45) is 5.92 Å². The van der Waals surface area contributed by atoms with Gasteiger partial charge in [0.15, 0.2) is 0 Å². The van der Waals surface area contributed by atoms with Gasteiger partial charge in [0.1, 0.15) is 0 Å². The molecule has 0 aliphatic heterocycles. The van der Waals surface area contributed by atoms with Crippen molar-refractivity contribution >= 4 is 23.5 Å². The van der Waals surface area contributed by atoms with Gasteiger partial charge in [0.25, 0.3) is 5.91 Å². The number of aromatic carboxylic acids is 1. The molecule has 6 heteroatoms. The van der Waals surface area contributed by atoms with Crippen LogP contribution in [0.25, 0.3) is 0 Å². The van der Waals surface area contributed by atoms with Crippen molar-refractivity contribution in [1.82, 2.24) is 5.32 Å². The van der Waals surface area contributed by atoms with Gasteiger partial charge in [0.05, 0.1) is 18.2 Å². The van der Waals surface area contributed by atoms with Gasteiger partial charge in [-0.05, 0) is 48.2 Å². The zero-order chi connectivity index (χ0) is 20.0. The van der Waals surface area contributed by atoms with E-state index in [1.165, 1.54) is 12.1 Å². The van der Waals surface area contributed by atoms with Crippen LogP contribution in [0, 0.1) is 5.92 Å². The first kappa shape index (κ1) is 20.9. The van der Waals surface area contributed by atoms with Gasteiger partial charge in [-0.2, -0.15) is 0 Å². The second-order valence-corrected chi connectivity index (χ2v) is 7.27. The van der Waals surface area contributed by atoms with E-state index in [1.807, 2.05) is 6.92 Å². The molecule has 0 saturated carbocycles. The van der Waals surface area contributed by atoms with Gasteiger partial charge in [0, 0.05) is 17.2 Å². The van der Waals surface area contributed by atoms with Crippen LogP contribution in [-0.4, -0.2) is 23.6 Å². The van der Waals surface area contributed by atoms with Crippen molar-refractivity contribution < 1.29 is 19.4 Å². The van der Waals surface area contributed by atoms with Crippen LogP contribution in [0.5, 0.6) is 0 Å². The summed E-state index contributed by atoms with van der Waals surface area (Å²) in [4.78, 5) is 23.7. The van der Waals surface area contributed by atoms with Crippen LogP contribution in [0.15, 0.2) is 42.5 Å². The lowest BCUT2D eigenvalue weighted by Crippen LogP contribution is -2.27. The van der Waals surface area contributed by atoms with Crippen molar-refractivity contribution in [3.8, 4) is 0 Å². The van der Waals surface area contributed by atoms with E-state index in [1.54, 1.807) is 30.3 Å². The average molecular weight is 390 g/mol. The number of nitrogens with one attached hydrogen (secondary N) is 1. The van der Waals surface area contributed by atoms with E-state index >= 15 is 0 Å². The Bertz CT molecular complexity index is 802. The summed E-state index contributed by atoms with van der Waals surface area (Å²) >= 11 is 6.07. The predicted octanol–water partition coefficient (Wildman–Crippen LogP) is 4.70. The minimum absolute atomic E-state index is 0.205. The molecule has 0 aromatic heterocycles. The van der Waals surface area contributed by atoms with E-state index < -0.39 is 5.97 Å². The maximum atomic E-state index is 12.8. The fourth-order valence-corrected chi connectivity index (χ4v) is 2.73. The third kappa shape index (κ3) is 6.08. The lowest BCUT2D eigenvalue weighted by atomic mass is 10.0. The molecule has 1 unspecified atom stereocenters. The van der Waals surface area contributed by atoms with Crippen LogP contribution in [-0.2, 0) is 11.3 Å². The molecular formula is C21H24ClNO4. The van der Waals surface area contributed by atoms with Crippen LogP contribution >= 0.6 is 11.6 Å². The topological polar surface area (TPSA) is 75.6 Å². The maximum Gasteiger partial charge on any atom is 0.335 e. The molecular weight excluding hydrogens is 366 g/mol. The fourth-order valence-electron chi connectivity index (χ4n) is 2.56. The number of hydrogen-bond donors (Lipinski definition) is 2. The number of rotatable bonds is 8. The highest BCUT2D eigenvalue weighted by Crippen LogP contribution is 2.20. The Balaban J connectivity index is 2.11. The lowest BCUT2D eigenvalue weighted by Gasteiger charge is -2.17. The molecule has 2 rings (SSSR count). The molecule has 0 radical (unpaired) electrons. The molecule has 0 spiro atoms. The van der Waals surface area contributed by atoms with E-state index in [0.29, 0.717) is 29.7 Å². The summed E-state index contributed by atoms with van der Waals surface area (Å²) in [5, 5.41) is 12.4. The van der Waals surface area contributed by atoms with Crippen LogP contribution in [0.4, 0.5) is 0 Å². The Morgan fingerprint density at radius 3 is 2.37 bits per heavy atom. The number of carbonyl (C=O) groups excluding carboxylic acids is 1. The second-order valence-electron chi connectivity index (χ2n) is 6.83. The van der Waals surface area contributed by atoms with Crippen LogP contribution in [0.1, 0.15) is 58.7 Å². The Morgan fingerprint density at radius 2 is 1.78 bits per heavy atom. The van der Waals surface area contributed by atoms with Gasteiger partial charge in [-0.1, -0.05) is 43.6 Å². The van der Waals surface area contributed by atoms with Crippen molar-refractivity contribution in [3.63, 3.8) is 0 Å². The van der Waals surface area contributed by atoms with Crippen LogP contribution < -0.4 is 5.32 Å². The zero-order valence-corrected chi connectivity index (χ0v) is 16.4. The number of carboxylic acids is 1. The van der Waals surface area contributed by atoms with Gasteiger partial charge in [0.2, 0.25) is 0 Å². The number of carboxylic acid groups (broad SMARTS) is 1. The first-order chi connectivity index (χ1) is 12.8. The molecule has 0 bridgehead atoms. The van der Waals surface area contributed by atoms with Gasteiger partial charge in [-0.25, -0.2) is 4.79 Å². The summed E-state index contributed by atoms with van der Waals surface area (Å²) < 4.78 is 5.66. The minimum atomic E-state index is -0.983. The molecule has 5 nitrogen and oxygen atoms in total. The number of halogens is 1. The summed E-state index contributed by atoms with van der Waals surface area (Å²) in [6.07, 6.45) is 0. The van der Waals surface area contributed by atoms with Crippen molar-refractivity contribution in [1.29, 1.82) is 0 Å². The molecule has 2 aromatic carbocycles. The third-order valence-corrected chi connectivity index (χ3v) is 4.27. The molecule has 144 valence electrons. The monoisotopic (exact) mass is 389 g/mol. The lowest BCUT2D eigenvalue weighted by molar-refractivity contribution is 0.0696. The quantitative estimate of drug-likeness (QED) is 0.686. The van der Waals surface area contributed by atoms with Gasteiger partial charge in [-0.3, -0.25) is 4.79 Å². The molecule has 2 aromatic rings. The molecule has 0 saturated heterocycles. The first-order valence-corrected chi connectivity index (χ1v) is 9.16. The highest BCUT2D eigenvalue weighted by Gasteiger charge is 2.16. The van der Waals surface area contributed by atoms with Gasteiger partial charge < -0.3 is 15.2 Å². The van der Waals surface area contributed by atoms with E-state index in [0.717, 1.165) is 11.1 Å². The van der Waals surface area contributed by atoms with E-state index in [9.17, 15) is 9.59 Å². The Morgan fingerprint density at radius 1 is 1.11 bits per heavy atom. The fraction of sp³-hybridized carbons (Fsp3) is 0.333. The van der Waals surface area contributed by atoms with Crippen LogP contribution in [0.2, 0.25) is 5.02 Å². The predicted molar refractivity (Wildman–Crippen MR) is 105 cm³/mol. The number of hydrogen-bond acceptors (Lipinski definition) is 3. The number of ether oxygens (including phenoxy) is 1. The van der Waals surface area contributed by atoms with Gasteiger partial charge >= 0.3 is 5.97 Å². The molecule has 0 aliphatic carbocycles. The summed E-state index contributed by atoms with van der Waals surface area (Å²) in [7, 11) is 0. The minimum Gasteiger partial charge on any atom is -0.478 e. The van der Waals surface area contributed by atoms with Crippen molar-refractivity contribution in [3.05, 3.63) is 69.7 Å². The molecule has 0 heterocycles. The Kier molecular flexibility index (Phi) is 7.39. The number of amides is 1. The van der Waals surface area contributed by atoms with E-state index in [2.05, 4.69) is 19.2 Å². The molecule has 0 fully saturated rings. The first-order valence-electron chi connectivity index (χ1n) is 8.78. The zero-order valence-electron chi connectivity index (χ0n) is 15.7. The normalized spacial score (nSPS) is 12.0. The third-order valence-electron chi connectivity index (χ3n) is 4.03. The molecule has 27 heavy (non-hydrogen) atoms. The average Bonchev–Trinajstić information content (AvgIpc) is 2.62.